The van der Waals surface area contributed by atoms with E-state index in [0.29, 0.717) is 22.6 Å². The van der Waals surface area contributed by atoms with Crippen LogP contribution in [-0.4, -0.2) is 40.3 Å². The van der Waals surface area contributed by atoms with Crippen LogP contribution in [0.3, 0.4) is 0 Å². The highest BCUT2D eigenvalue weighted by Crippen LogP contribution is 2.32. The van der Waals surface area contributed by atoms with E-state index in [1.54, 1.807) is 14.0 Å². The number of aryl methyl sites for hydroxylation is 1. The highest BCUT2D eigenvalue weighted by molar-refractivity contribution is 9.10. The summed E-state index contributed by atoms with van der Waals surface area (Å²) >= 11 is 3.47. The summed E-state index contributed by atoms with van der Waals surface area (Å²) < 4.78 is 6.07. The summed E-state index contributed by atoms with van der Waals surface area (Å²) in [5, 5.41) is 4.05. The SMILES string of the molecule is C#CCN(C)C(=O)c1cc(C(=O)c2c(-c3ccccc3Br)noc2C)c[nH]1. The molecule has 0 unspecified atom stereocenters. The molecule has 0 atom stereocenters. The van der Waals surface area contributed by atoms with E-state index < -0.39 is 0 Å². The van der Waals surface area contributed by atoms with Crippen molar-refractivity contribution in [3.63, 3.8) is 0 Å². The maximum absolute atomic E-state index is 13.1. The number of aromatic nitrogens is 2. The van der Waals surface area contributed by atoms with Crippen LogP contribution in [0.25, 0.3) is 11.3 Å². The van der Waals surface area contributed by atoms with Gasteiger partial charge < -0.3 is 14.4 Å². The predicted molar refractivity (Wildman–Crippen MR) is 104 cm³/mol. The predicted octanol–water partition coefficient (Wildman–Crippen LogP) is 3.68. The van der Waals surface area contributed by atoms with Crippen LogP contribution >= 0.6 is 15.9 Å². The smallest absolute Gasteiger partial charge is 0.270 e. The van der Waals surface area contributed by atoms with Gasteiger partial charge in [-0.2, -0.15) is 0 Å². The van der Waals surface area contributed by atoms with Crippen LogP contribution in [0.4, 0.5) is 0 Å². The van der Waals surface area contributed by atoms with Crippen molar-refractivity contribution < 1.29 is 14.1 Å². The van der Waals surface area contributed by atoms with Crippen LogP contribution in [0, 0.1) is 19.3 Å². The van der Waals surface area contributed by atoms with Crippen molar-refractivity contribution in [2.24, 2.45) is 0 Å². The largest absolute Gasteiger partial charge is 0.360 e. The maximum atomic E-state index is 13.1. The summed E-state index contributed by atoms with van der Waals surface area (Å²) in [7, 11) is 1.60. The third-order valence-electron chi connectivity index (χ3n) is 4.07. The molecule has 6 nitrogen and oxygen atoms in total. The third-order valence-corrected chi connectivity index (χ3v) is 4.76. The number of nitrogens with one attached hydrogen (secondary N) is 1. The number of rotatable bonds is 5. The first-order chi connectivity index (χ1) is 12.9. The molecule has 0 radical (unpaired) electrons. The molecule has 0 aliphatic carbocycles. The Morgan fingerprint density at radius 2 is 2.11 bits per heavy atom. The van der Waals surface area contributed by atoms with E-state index in [2.05, 4.69) is 32.0 Å². The average Bonchev–Trinajstić information content (AvgIpc) is 3.28. The molecular weight excluding hydrogens is 410 g/mol. The third kappa shape index (κ3) is 3.57. The van der Waals surface area contributed by atoms with Gasteiger partial charge in [0.2, 0.25) is 0 Å². The van der Waals surface area contributed by atoms with Crippen molar-refractivity contribution in [3.8, 4) is 23.6 Å². The summed E-state index contributed by atoms with van der Waals surface area (Å²) in [5.41, 5.74) is 2.18. The van der Waals surface area contributed by atoms with Crippen LogP contribution in [0.1, 0.15) is 32.2 Å². The fourth-order valence-electron chi connectivity index (χ4n) is 2.68. The van der Waals surface area contributed by atoms with Crippen LogP contribution in [0.15, 0.2) is 45.5 Å². The minimum Gasteiger partial charge on any atom is -0.360 e. The second-order valence-corrected chi connectivity index (χ2v) is 6.79. The van der Waals surface area contributed by atoms with E-state index in [1.807, 2.05) is 24.3 Å². The summed E-state index contributed by atoms with van der Waals surface area (Å²) in [4.78, 5) is 29.6. The number of ketones is 1. The Labute approximate surface area is 164 Å². The minimum atomic E-state index is -0.292. The van der Waals surface area contributed by atoms with Gasteiger partial charge >= 0.3 is 0 Å². The summed E-state index contributed by atoms with van der Waals surface area (Å²) in [6.45, 7) is 1.86. The molecule has 0 saturated carbocycles. The van der Waals surface area contributed by atoms with Crippen molar-refractivity contribution in [2.45, 2.75) is 6.92 Å². The molecule has 1 N–H and O–H groups in total. The van der Waals surface area contributed by atoms with Gasteiger partial charge in [0, 0.05) is 28.8 Å². The minimum absolute atomic E-state index is 0.179. The summed E-state index contributed by atoms with van der Waals surface area (Å²) in [5.74, 6) is 2.24. The fraction of sp³-hybridized carbons (Fsp3) is 0.150. The van der Waals surface area contributed by atoms with Crippen LogP contribution in [0.2, 0.25) is 0 Å². The number of benzene rings is 1. The molecule has 0 fully saturated rings. The van der Waals surface area contributed by atoms with Gasteiger partial charge in [-0.05, 0) is 19.1 Å². The van der Waals surface area contributed by atoms with E-state index in [4.69, 9.17) is 10.9 Å². The molecule has 3 aromatic rings. The lowest BCUT2D eigenvalue weighted by Gasteiger charge is -2.11. The van der Waals surface area contributed by atoms with Gasteiger partial charge in [-0.25, -0.2) is 0 Å². The second kappa shape index (κ2) is 7.64. The van der Waals surface area contributed by atoms with Crippen molar-refractivity contribution in [2.75, 3.05) is 13.6 Å². The van der Waals surface area contributed by atoms with Crippen LogP contribution in [-0.2, 0) is 0 Å². The lowest BCUT2D eigenvalue weighted by Crippen LogP contribution is -2.27. The Morgan fingerprint density at radius 1 is 1.37 bits per heavy atom. The monoisotopic (exact) mass is 425 g/mol. The zero-order valence-corrected chi connectivity index (χ0v) is 16.3. The van der Waals surface area contributed by atoms with Gasteiger partial charge in [0.05, 0.1) is 12.1 Å². The lowest BCUT2D eigenvalue weighted by atomic mass is 9.99. The molecule has 0 spiro atoms. The molecule has 136 valence electrons. The van der Waals surface area contributed by atoms with Gasteiger partial charge in [-0.1, -0.05) is 45.2 Å². The van der Waals surface area contributed by atoms with E-state index >= 15 is 0 Å². The molecule has 0 bridgehead atoms. The molecule has 2 aromatic heterocycles. The Morgan fingerprint density at radius 3 is 2.81 bits per heavy atom. The number of hydrogen-bond donors (Lipinski definition) is 1. The zero-order valence-electron chi connectivity index (χ0n) is 14.7. The summed E-state index contributed by atoms with van der Waals surface area (Å²) in [6.07, 6.45) is 6.73. The molecule has 1 aromatic carbocycles. The maximum Gasteiger partial charge on any atom is 0.270 e. The van der Waals surface area contributed by atoms with Gasteiger partial charge in [-0.3, -0.25) is 9.59 Å². The molecule has 0 saturated heterocycles. The van der Waals surface area contributed by atoms with Crippen molar-refractivity contribution in [3.05, 3.63) is 63.6 Å². The Hall–Kier alpha value is -3.11. The number of H-pyrrole nitrogens is 1. The van der Waals surface area contributed by atoms with E-state index in [-0.39, 0.29) is 23.9 Å². The topological polar surface area (TPSA) is 79.2 Å². The number of halogens is 1. The molecule has 3 rings (SSSR count). The van der Waals surface area contributed by atoms with Crippen molar-refractivity contribution >= 4 is 27.6 Å². The quantitative estimate of drug-likeness (QED) is 0.499. The van der Waals surface area contributed by atoms with Gasteiger partial charge in [0.1, 0.15) is 17.1 Å². The fourth-order valence-corrected chi connectivity index (χ4v) is 3.16. The Kier molecular flexibility index (Phi) is 5.28. The number of terminal acetylenes is 1. The van der Waals surface area contributed by atoms with Crippen molar-refractivity contribution in [1.82, 2.24) is 15.0 Å². The molecule has 27 heavy (non-hydrogen) atoms. The van der Waals surface area contributed by atoms with Crippen molar-refractivity contribution in [1.29, 1.82) is 0 Å². The molecule has 0 aliphatic rings. The first kappa shape index (κ1) is 18.7. The van der Waals surface area contributed by atoms with Gasteiger partial charge in [-0.15, -0.1) is 6.42 Å². The number of carbonyl (C=O) groups excluding carboxylic acids is 2. The second-order valence-electron chi connectivity index (χ2n) is 5.94. The number of nitrogens with zero attached hydrogens (tertiary/aromatic N) is 2. The van der Waals surface area contributed by atoms with E-state index in [1.165, 1.54) is 17.2 Å². The zero-order chi connectivity index (χ0) is 19.6. The van der Waals surface area contributed by atoms with Gasteiger partial charge in [0.25, 0.3) is 5.91 Å². The standard InChI is InChI=1S/C20H16BrN3O3/c1-4-9-24(3)20(26)16-10-13(11-22-16)19(25)17-12(2)27-23-18(17)14-7-5-6-8-15(14)21/h1,5-8,10-11,22H,9H2,2-3H3. The number of aromatic amines is 1. The Bertz CT molecular complexity index is 1060. The lowest BCUT2D eigenvalue weighted by molar-refractivity contribution is 0.0807. The molecular formula is C20H16BrN3O3. The van der Waals surface area contributed by atoms with E-state index in [9.17, 15) is 9.59 Å². The highest BCUT2D eigenvalue weighted by atomic mass is 79.9. The Balaban J connectivity index is 1.97. The van der Waals surface area contributed by atoms with Gasteiger partial charge in [0.15, 0.2) is 5.78 Å². The van der Waals surface area contributed by atoms with E-state index in [0.717, 1.165) is 10.0 Å². The van der Waals surface area contributed by atoms with Crippen LogP contribution < -0.4 is 0 Å². The number of hydrogen-bond acceptors (Lipinski definition) is 4. The number of amides is 1. The first-order valence-corrected chi connectivity index (χ1v) is 8.86. The molecule has 1 amide bonds. The number of carbonyl (C=O) groups is 2. The first-order valence-electron chi connectivity index (χ1n) is 8.07. The molecule has 0 aliphatic heterocycles. The molecule has 2 heterocycles. The molecule has 7 heteroatoms. The average molecular weight is 426 g/mol. The normalized spacial score (nSPS) is 10.4. The van der Waals surface area contributed by atoms with Crippen LogP contribution in [0.5, 0.6) is 0 Å². The highest BCUT2D eigenvalue weighted by Gasteiger charge is 2.25. The summed E-state index contributed by atoms with van der Waals surface area (Å²) in [6, 6.07) is 8.94.